The van der Waals surface area contributed by atoms with Crippen LogP contribution in [0, 0.1) is 13.8 Å². The molecule has 0 aliphatic carbocycles. The maximum atomic E-state index is 13.6. The number of carbonyl (C=O) groups is 2. The van der Waals surface area contributed by atoms with Gasteiger partial charge < -0.3 is 15.5 Å². The Balaban J connectivity index is 1.51. The molecule has 0 radical (unpaired) electrons. The van der Waals surface area contributed by atoms with Crippen molar-refractivity contribution in [3.05, 3.63) is 95.1 Å². The number of aromatic nitrogens is 3. The molecule has 0 saturated heterocycles. The fourth-order valence-electron chi connectivity index (χ4n) is 4.28. The molecule has 4 aromatic rings. The van der Waals surface area contributed by atoms with Crippen LogP contribution in [0.3, 0.4) is 0 Å². The number of amides is 1. The van der Waals surface area contributed by atoms with Gasteiger partial charge in [-0.1, -0.05) is 60.3 Å². The number of methoxy groups -OCH3 is 1. The normalized spacial score (nSPS) is 16.5. The molecule has 0 fully saturated rings. The highest BCUT2D eigenvalue weighted by Crippen LogP contribution is 2.39. The lowest BCUT2D eigenvalue weighted by Gasteiger charge is -2.33. The molecule has 1 aliphatic heterocycles. The van der Waals surface area contributed by atoms with Gasteiger partial charge in [0.1, 0.15) is 5.25 Å². The fraction of sp³-hybridized carbons (Fsp3) is 0.185. The van der Waals surface area contributed by atoms with Crippen molar-refractivity contribution in [2.75, 3.05) is 17.9 Å². The molecule has 1 aliphatic rings. The lowest BCUT2D eigenvalue weighted by molar-refractivity contribution is -0.116. The molecule has 0 spiro atoms. The molecular formula is C27H25N5O3S. The highest BCUT2D eigenvalue weighted by molar-refractivity contribution is 8.00. The Labute approximate surface area is 213 Å². The van der Waals surface area contributed by atoms with E-state index in [1.807, 2.05) is 73.1 Å². The SMILES string of the molecule is COC(=O)c1ccc([C@@H]2Nn3c(nnc3-c3ccccc3)S[C@@H]2C(=O)Nc2cc(C)cc(C)c2)cc1. The molecule has 0 bridgehead atoms. The smallest absolute Gasteiger partial charge is 0.337 e. The lowest BCUT2D eigenvalue weighted by atomic mass is 10.0. The van der Waals surface area contributed by atoms with E-state index in [2.05, 4.69) is 27.0 Å². The number of hydrogen-bond acceptors (Lipinski definition) is 7. The zero-order valence-electron chi connectivity index (χ0n) is 20.1. The molecule has 2 atom stereocenters. The third kappa shape index (κ3) is 4.70. The van der Waals surface area contributed by atoms with Crippen LogP contribution in [0.25, 0.3) is 11.4 Å². The summed E-state index contributed by atoms with van der Waals surface area (Å²) in [6.07, 6.45) is 0. The molecule has 2 N–H and O–H groups in total. The first kappa shape index (κ1) is 23.6. The van der Waals surface area contributed by atoms with Crippen molar-refractivity contribution in [3.63, 3.8) is 0 Å². The van der Waals surface area contributed by atoms with Crippen LogP contribution in [0.2, 0.25) is 0 Å². The number of aryl methyl sites for hydroxylation is 2. The number of anilines is 1. The predicted octanol–water partition coefficient (Wildman–Crippen LogP) is 4.75. The minimum absolute atomic E-state index is 0.157. The molecule has 0 saturated carbocycles. The summed E-state index contributed by atoms with van der Waals surface area (Å²) in [7, 11) is 1.35. The van der Waals surface area contributed by atoms with Crippen LogP contribution >= 0.6 is 11.8 Å². The monoisotopic (exact) mass is 499 g/mol. The molecule has 8 nitrogen and oxygen atoms in total. The maximum absolute atomic E-state index is 13.6. The van der Waals surface area contributed by atoms with Gasteiger partial charge >= 0.3 is 5.97 Å². The van der Waals surface area contributed by atoms with Gasteiger partial charge in [-0.25, -0.2) is 9.47 Å². The van der Waals surface area contributed by atoms with Crippen LogP contribution in [0.5, 0.6) is 0 Å². The van der Waals surface area contributed by atoms with Crippen molar-refractivity contribution < 1.29 is 14.3 Å². The number of thioether (sulfide) groups is 1. The van der Waals surface area contributed by atoms with E-state index in [4.69, 9.17) is 4.74 Å². The summed E-state index contributed by atoms with van der Waals surface area (Å²) in [5.41, 5.74) is 8.53. The maximum Gasteiger partial charge on any atom is 0.337 e. The molecular weight excluding hydrogens is 474 g/mol. The zero-order valence-corrected chi connectivity index (χ0v) is 20.9. The number of nitrogens with one attached hydrogen (secondary N) is 2. The van der Waals surface area contributed by atoms with Crippen molar-refractivity contribution in [2.45, 2.75) is 30.3 Å². The van der Waals surface area contributed by atoms with Gasteiger partial charge in [-0.05, 0) is 54.8 Å². The summed E-state index contributed by atoms with van der Waals surface area (Å²) < 4.78 is 6.64. The van der Waals surface area contributed by atoms with Gasteiger partial charge in [0.05, 0.1) is 18.7 Å². The number of rotatable bonds is 5. The largest absolute Gasteiger partial charge is 0.465 e. The van der Waals surface area contributed by atoms with Crippen molar-refractivity contribution in [2.24, 2.45) is 0 Å². The number of carbonyl (C=O) groups excluding carboxylic acids is 2. The number of nitrogens with zero attached hydrogens (tertiary/aromatic N) is 3. The third-order valence-electron chi connectivity index (χ3n) is 5.91. The predicted molar refractivity (Wildman–Crippen MR) is 140 cm³/mol. The topological polar surface area (TPSA) is 98.1 Å². The van der Waals surface area contributed by atoms with E-state index < -0.39 is 17.3 Å². The number of fused-ring (bicyclic) bond motifs is 1. The van der Waals surface area contributed by atoms with Gasteiger partial charge in [0, 0.05) is 11.3 Å². The summed E-state index contributed by atoms with van der Waals surface area (Å²) in [6, 6.07) is 22.3. The van der Waals surface area contributed by atoms with Gasteiger partial charge in [-0.2, -0.15) is 0 Å². The van der Waals surface area contributed by atoms with Crippen molar-refractivity contribution in [3.8, 4) is 11.4 Å². The van der Waals surface area contributed by atoms with Crippen LogP contribution in [-0.2, 0) is 9.53 Å². The van der Waals surface area contributed by atoms with Crippen LogP contribution in [0.1, 0.15) is 33.1 Å². The average molecular weight is 500 g/mol. The first-order valence-corrected chi connectivity index (χ1v) is 12.3. The first-order chi connectivity index (χ1) is 17.4. The average Bonchev–Trinajstić information content (AvgIpc) is 3.30. The van der Waals surface area contributed by atoms with Crippen LogP contribution in [0.15, 0.2) is 78.0 Å². The highest BCUT2D eigenvalue weighted by atomic mass is 32.2. The highest BCUT2D eigenvalue weighted by Gasteiger charge is 2.38. The molecule has 5 rings (SSSR count). The van der Waals surface area contributed by atoms with E-state index in [1.54, 1.807) is 12.1 Å². The zero-order chi connectivity index (χ0) is 25.2. The second-order valence-corrected chi connectivity index (χ2v) is 9.74. The Bertz CT molecular complexity index is 1400. The van der Waals surface area contributed by atoms with E-state index in [9.17, 15) is 9.59 Å². The summed E-state index contributed by atoms with van der Waals surface area (Å²) in [4.78, 5) is 25.5. The van der Waals surface area contributed by atoms with Crippen LogP contribution in [-0.4, -0.2) is 39.1 Å². The third-order valence-corrected chi connectivity index (χ3v) is 7.12. The van der Waals surface area contributed by atoms with Gasteiger partial charge in [-0.15, -0.1) is 10.2 Å². The van der Waals surface area contributed by atoms with E-state index in [-0.39, 0.29) is 5.91 Å². The Kier molecular flexibility index (Phi) is 6.47. The van der Waals surface area contributed by atoms with Crippen molar-refractivity contribution in [1.29, 1.82) is 0 Å². The Morgan fingerprint density at radius 3 is 2.33 bits per heavy atom. The van der Waals surface area contributed by atoms with Gasteiger partial charge in [0.2, 0.25) is 11.1 Å². The van der Waals surface area contributed by atoms with Gasteiger partial charge in [0.15, 0.2) is 5.82 Å². The number of hydrogen-bond donors (Lipinski definition) is 2. The van der Waals surface area contributed by atoms with Crippen molar-refractivity contribution >= 4 is 29.3 Å². The second-order valence-electron chi connectivity index (χ2n) is 8.63. The Hall–Kier alpha value is -4.11. The number of esters is 1. The minimum atomic E-state index is -0.546. The van der Waals surface area contributed by atoms with E-state index in [1.165, 1.54) is 18.9 Å². The van der Waals surface area contributed by atoms with E-state index in [0.29, 0.717) is 16.5 Å². The lowest BCUT2D eigenvalue weighted by Crippen LogP contribution is -2.41. The van der Waals surface area contributed by atoms with Crippen LogP contribution < -0.4 is 10.7 Å². The summed E-state index contributed by atoms with van der Waals surface area (Å²) >= 11 is 1.35. The first-order valence-electron chi connectivity index (χ1n) is 11.4. The van der Waals surface area contributed by atoms with Gasteiger partial charge in [-0.3, -0.25) is 4.79 Å². The minimum Gasteiger partial charge on any atom is -0.465 e. The second kappa shape index (κ2) is 9.87. The summed E-state index contributed by atoms with van der Waals surface area (Å²) in [5.74, 6) is 0.0848. The molecule has 182 valence electrons. The Morgan fingerprint density at radius 2 is 1.67 bits per heavy atom. The summed E-state index contributed by atoms with van der Waals surface area (Å²) in [5, 5.41) is 11.8. The molecule has 2 heterocycles. The van der Waals surface area contributed by atoms with E-state index >= 15 is 0 Å². The molecule has 1 aromatic heterocycles. The molecule has 0 unspecified atom stereocenters. The van der Waals surface area contributed by atoms with Crippen molar-refractivity contribution in [1.82, 2.24) is 14.9 Å². The fourth-order valence-corrected chi connectivity index (χ4v) is 5.36. The molecule has 9 heteroatoms. The quantitative estimate of drug-likeness (QED) is 0.383. The van der Waals surface area contributed by atoms with Crippen LogP contribution in [0.4, 0.5) is 5.69 Å². The Morgan fingerprint density at radius 1 is 0.972 bits per heavy atom. The van der Waals surface area contributed by atoms with Gasteiger partial charge in [0.25, 0.3) is 0 Å². The molecule has 3 aromatic carbocycles. The number of benzene rings is 3. The summed E-state index contributed by atoms with van der Waals surface area (Å²) in [6.45, 7) is 4.00. The molecule has 1 amide bonds. The standard InChI is InChI=1S/C27H25N5O3S/c1-16-13-17(2)15-21(14-16)28-25(33)23-22(18-9-11-20(12-10-18)26(34)35-3)31-32-24(29-30-27(32)36-23)19-7-5-4-6-8-19/h4-15,22-23,31H,1-3H3,(H,28,33)/t22-,23-/m0/s1. The molecule has 36 heavy (non-hydrogen) atoms. The van der Waals surface area contributed by atoms with E-state index in [0.717, 1.165) is 27.9 Å². The number of ether oxygens (including phenoxy) is 1.